The van der Waals surface area contributed by atoms with Gasteiger partial charge < -0.3 is 15.1 Å². The zero-order valence-corrected chi connectivity index (χ0v) is 19.5. The van der Waals surface area contributed by atoms with Crippen LogP contribution in [0, 0.1) is 0 Å². The van der Waals surface area contributed by atoms with Gasteiger partial charge in [0.1, 0.15) is 5.69 Å². The van der Waals surface area contributed by atoms with E-state index in [1.807, 2.05) is 6.07 Å². The van der Waals surface area contributed by atoms with Crippen molar-refractivity contribution in [3.05, 3.63) is 35.5 Å². The highest BCUT2D eigenvalue weighted by Gasteiger charge is 2.16. The van der Waals surface area contributed by atoms with E-state index in [1.54, 1.807) is 12.3 Å². The molecule has 0 amide bonds. The van der Waals surface area contributed by atoms with E-state index < -0.39 is 10.1 Å². The summed E-state index contributed by atoms with van der Waals surface area (Å²) in [6.07, 6.45) is 2.56. The Hall–Kier alpha value is -1.82. The first-order valence-electron chi connectivity index (χ1n) is 9.98. The fourth-order valence-electron chi connectivity index (χ4n) is 3.49. The fourth-order valence-corrected chi connectivity index (χ4v) is 5.42. The fraction of sp³-hybridized carbons (Fsp3) is 0.400. The number of aromatic nitrogens is 2. The molecule has 166 valence electrons. The monoisotopic (exact) mass is 481 g/mol. The Morgan fingerprint density at radius 3 is 2.74 bits per heavy atom. The molecule has 0 radical (unpaired) electrons. The lowest BCUT2D eigenvalue weighted by molar-refractivity contribution is 0.154. The van der Waals surface area contributed by atoms with Crippen LogP contribution in [0.2, 0.25) is 5.02 Å². The van der Waals surface area contributed by atoms with Crippen LogP contribution in [-0.2, 0) is 10.1 Å². The van der Waals surface area contributed by atoms with Crippen molar-refractivity contribution in [3.8, 4) is 10.6 Å². The van der Waals surface area contributed by atoms with E-state index in [0.717, 1.165) is 60.7 Å². The van der Waals surface area contributed by atoms with Crippen LogP contribution in [0.4, 0.5) is 5.95 Å². The quantitative estimate of drug-likeness (QED) is 0.391. The summed E-state index contributed by atoms with van der Waals surface area (Å²) in [7, 11) is -2.10. The van der Waals surface area contributed by atoms with Crippen molar-refractivity contribution in [1.29, 1.82) is 0 Å². The van der Waals surface area contributed by atoms with E-state index in [0.29, 0.717) is 16.7 Å². The number of hydrogen-bond acceptors (Lipinski definition) is 8. The number of benzene rings is 1. The molecule has 1 aliphatic rings. The van der Waals surface area contributed by atoms with Crippen LogP contribution >= 0.6 is 22.9 Å². The van der Waals surface area contributed by atoms with E-state index in [2.05, 4.69) is 32.1 Å². The second-order valence-corrected chi connectivity index (χ2v) is 10.5. The molecule has 4 rings (SSSR count). The van der Waals surface area contributed by atoms with Crippen LogP contribution in [0.15, 0.2) is 35.4 Å². The van der Waals surface area contributed by atoms with Gasteiger partial charge in [0.25, 0.3) is 10.1 Å². The molecule has 3 aromatic rings. The second-order valence-electron chi connectivity index (χ2n) is 7.60. The van der Waals surface area contributed by atoms with Crippen molar-refractivity contribution in [2.24, 2.45) is 0 Å². The number of piperazine rings is 1. The average Bonchev–Trinajstić information content (AvgIpc) is 3.16. The molecule has 1 aromatic carbocycles. The summed E-state index contributed by atoms with van der Waals surface area (Å²) in [6, 6.07) is 6.39. The van der Waals surface area contributed by atoms with Crippen molar-refractivity contribution in [2.45, 2.75) is 11.3 Å². The Morgan fingerprint density at radius 1 is 1.23 bits per heavy atom. The van der Waals surface area contributed by atoms with E-state index in [9.17, 15) is 13.0 Å². The summed E-state index contributed by atoms with van der Waals surface area (Å²) in [5.41, 5.74) is 0.591. The van der Waals surface area contributed by atoms with Gasteiger partial charge in [-0.1, -0.05) is 17.7 Å². The Balaban J connectivity index is 1.44. The number of halogens is 1. The van der Waals surface area contributed by atoms with Gasteiger partial charge in [0, 0.05) is 37.4 Å². The third kappa shape index (κ3) is 5.51. The maximum absolute atomic E-state index is 11.4. The zero-order valence-electron chi connectivity index (χ0n) is 17.1. The van der Waals surface area contributed by atoms with Crippen molar-refractivity contribution < 1.29 is 13.0 Å². The van der Waals surface area contributed by atoms with E-state index in [4.69, 9.17) is 11.6 Å². The molecule has 0 aliphatic carbocycles. The van der Waals surface area contributed by atoms with Gasteiger partial charge in [-0.25, -0.2) is 9.97 Å². The summed E-state index contributed by atoms with van der Waals surface area (Å²) in [4.78, 5) is 14.3. The van der Waals surface area contributed by atoms with E-state index in [1.165, 1.54) is 23.5 Å². The number of hydrogen-bond donors (Lipinski definition) is 2. The molecular formula is C20H24ClN5O3S2. The molecule has 1 aliphatic heterocycles. The molecular weight excluding hydrogens is 458 g/mol. The predicted molar refractivity (Wildman–Crippen MR) is 125 cm³/mol. The van der Waals surface area contributed by atoms with Gasteiger partial charge in [-0.05, 0) is 43.6 Å². The number of thiophene rings is 1. The molecule has 11 heteroatoms. The van der Waals surface area contributed by atoms with E-state index in [-0.39, 0.29) is 4.90 Å². The topological polar surface area (TPSA) is 98.7 Å². The van der Waals surface area contributed by atoms with Gasteiger partial charge >= 0.3 is 0 Å². The number of likely N-dealkylation sites (N-methyl/N-ethyl adjacent to an activating group) is 1. The van der Waals surface area contributed by atoms with Gasteiger partial charge in [0.2, 0.25) is 5.95 Å². The highest BCUT2D eigenvalue weighted by Crippen LogP contribution is 2.37. The lowest BCUT2D eigenvalue weighted by Gasteiger charge is -2.32. The number of nitrogens with one attached hydrogen (secondary N) is 1. The molecule has 1 saturated heterocycles. The van der Waals surface area contributed by atoms with E-state index >= 15 is 0 Å². The smallest absolute Gasteiger partial charge is 0.294 e. The minimum Gasteiger partial charge on any atom is -0.354 e. The minimum atomic E-state index is -4.25. The number of nitrogens with zero attached hydrogens (tertiary/aromatic N) is 4. The van der Waals surface area contributed by atoms with Crippen LogP contribution in [0.3, 0.4) is 0 Å². The van der Waals surface area contributed by atoms with Crippen molar-refractivity contribution >= 4 is 49.1 Å². The zero-order chi connectivity index (χ0) is 22.0. The Kier molecular flexibility index (Phi) is 6.75. The molecule has 0 bridgehead atoms. The summed E-state index contributed by atoms with van der Waals surface area (Å²) < 4.78 is 32.8. The Morgan fingerprint density at radius 2 is 2.00 bits per heavy atom. The molecule has 2 N–H and O–H groups in total. The molecule has 2 aromatic heterocycles. The molecule has 0 spiro atoms. The van der Waals surface area contributed by atoms with Crippen molar-refractivity contribution in [2.75, 3.05) is 51.6 Å². The van der Waals surface area contributed by atoms with Gasteiger partial charge in [0.05, 0.1) is 21.0 Å². The normalized spacial score (nSPS) is 16.1. The molecule has 0 unspecified atom stereocenters. The molecule has 0 atom stereocenters. The molecule has 1 fully saturated rings. The van der Waals surface area contributed by atoms with Gasteiger partial charge in [-0.3, -0.25) is 4.55 Å². The van der Waals surface area contributed by atoms with Crippen LogP contribution in [0.5, 0.6) is 0 Å². The number of anilines is 1. The van der Waals surface area contributed by atoms with Gasteiger partial charge in [0.15, 0.2) is 0 Å². The van der Waals surface area contributed by atoms with Crippen LogP contribution < -0.4 is 5.32 Å². The highest BCUT2D eigenvalue weighted by atomic mass is 35.5. The summed E-state index contributed by atoms with van der Waals surface area (Å²) in [5, 5.41) is 4.54. The molecule has 31 heavy (non-hydrogen) atoms. The number of rotatable bonds is 7. The largest absolute Gasteiger partial charge is 0.354 e. The van der Waals surface area contributed by atoms with Crippen LogP contribution in [-0.4, -0.2) is 79.1 Å². The lowest BCUT2D eigenvalue weighted by atomic mass is 10.2. The first-order chi connectivity index (χ1) is 14.8. The second kappa shape index (κ2) is 9.35. The SMILES string of the molecule is CN1CCN(CCCNc2ncc(Cl)c(-c3cc4ccc(S(=O)(=O)O)cc4s3)n2)CC1. The van der Waals surface area contributed by atoms with Gasteiger partial charge in [-0.15, -0.1) is 11.3 Å². The van der Waals surface area contributed by atoms with Gasteiger partial charge in [-0.2, -0.15) is 8.42 Å². The standard InChI is InChI=1S/C20H24ClN5O3S2/c1-25-7-9-26(10-8-25)6-2-5-22-20-23-13-16(21)19(24-20)18-11-14-3-4-15(31(27,28)29)12-17(14)30-18/h3-4,11-13H,2,5-10H2,1H3,(H,22,23,24)(H,27,28,29). The lowest BCUT2D eigenvalue weighted by Crippen LogP contribution is -2.44. The summed E-state index contributed by atoms with van der Waals surface area (Å²) >= 11 is 7.71. The average molecular weight is 482 g/mol. The maximum Gasteiger partial charge on any atom is 0.294 e. The molecule has 8 nitrogen and oxygen atoms in total. The van der Waals surface area contributed by atoms with Crippen molar-refractivity contribution in [1.82, 2.24) is 19.8 Å². The van der Waals surface area contributed by atoms with Crippen LogP contribution in [0.25, 0.3) is 20.7 Å². The first kappa shape index (κ1) is 22.4. The number of fused-ring (bicyclic) bond motifs is 1. The summed E-state index contributed by atoms with van der Waals surface area (Å²) in [6.45, 7) is 6.22. The molecule has 0 saturated carbocycles. The molecule has 3 heterocycles. The highest BCUT2D eigenvalue weighted by molar-refractivity contribution is 7.85. The predicted octanol–water partition coefficient (Wildman–Crippen LogP) is 3.31. The summed E-state index contributed by atoms with van der Waals surface area (Å²) in [5.74, 6) is 0.508. The van der Waals surface area contributed by atoms with Crippen molar-refractivity contribution in [3.63, 3.8) is 0 Å². The first-order valence-corrected chi connectivity index (χ1v) is 12.6. The Bertz CT molecular complexity index is 1180. The van der Waals surface area contributed by atoms with Crippen LogP contribution in [0.1, 0.15) is 6.42 Å². The maximum atomic E-state index is 11.4. The minimum absolute atomic E-state index is 0.134. The third-order valence-electron chi connectivity index (χ3n) is 5.30. The third-order valence-corrected chi connectivity index (χ3v) is 7.53. The Labute approximate surface area is 190 Å².